The molecule has 110 valence electrons. The van der Waals surface area contributed by atoms with Gasteiger partial charge in [-0.05, 0) is 53.8 Å². The van der Waals surface area contributed by atoms with E-state index in [1.54, 1.807) is 0 Å². The van der Waals surface area contributed by atoms with Gasteiger partial charge < -0.3 is 10.5 Å². The van der Waals surface area contributed by atoms with E-state index in [1.165, 1.54) is 5.56 Å². The van der Waals surface area contributed by atoms with Crippen LogP contribution in [0.2, 0.25) is 0 Å². The van der Waals surface area contributed by atoms with Crippen LogP contribution in [0.25, 0.3) is 0 Å². The van der Waals surface area contributed by atoms with E-state index in [-0.39, 0.29) is 5.41 Å². The Bertz CT molecular complexity index is 671. The summed E-state index contributed by atoms with van der Waals surface area (Å²) in [6.07, 6.45) is 0. The van der Waals surface area contributed by atoms with E-state index in [0.717, 1.165) is 22.6 Å². The van der Waals surface area contributed by atoms with Crippen LogP contribution in [0, 0.1) is 6.92 Å². The second kappa shape index (κ2) is 5.86. The maximum Gasteiger partial charge on any atom is 0.127 e. The third kappa shape index (κ3) is 3.82. The monoisotopic (exact) mass is 299 g/mol. The van der Waals surface area contributed by atoms with Gasteiger partial charge >= 0.3 is 0 Å². The Balaban J connectivity index is 2.27. The lowest BCUT2D eigenvalue weighted by atomic mass is 9.87. The van der Waals surface area contributed by atoms with Crippen LogP contribution >= 0.6 is 12.2 Å². The molecule has 2 rings (SSSR count). The Morgan fingerprint density at radius 1 is 1.05 bits per heavy atom. The van der Waals surface area contributed by atoms with Crippen LogP contribution in [0.1, 0.15) is 37.5 Å². The second-order valence-corrected chi connectivity index (χ2v) is 6.66. The van der Waals surface area contributed by atoms with E-state index in [9.17, 15) is 0 Å². The van der Waals surface area contributed by atoms with E-state index in [1.807, 2.05) is 37.3 Å². The van der Waals surface area contributed by atoms with Crippen molar-refractivity contribution in [1.29, 1.82) is 0 Å². The minimum atomic E-state index is 0.102. The lowest BCUT2D eigenvalue weighted by molar-refractivity contribution is 0.478. The lowest BCUT2D eigenvalue weighted by Gasteiger charge is -2.19. The predicted molar refractivity (Wildman–Crippen MR) is 92.3 cm³/mol. The minimum Gasteiger partial charge on any atom is -0.457 e. The summed E-state index contributed by atoms with van der Waals surface area (Å²) in [5, 5.41) is 0. The molecule has 2 aromatic carbocycles. The highest BCUT2D eigenvalue weighted by molar-refractivity contribution is 7.80. The first-order valence-corrected chi connectivity index (χ1v) is 7.37. The maximum absolute atomic E-state index is 5.95. The van der Waals surface area contributed by atoms with Crippen molar-refractivity contribution in [3.8, 4) is 11.5 Å². The molecule has 0 spiro atoms. The standard InChI is InChI=1S/C18H21NOS/c1-12-10-15(8-9-16(12)17(19)21)20-14-7-5-6-13(11-14)18(2,3)4/h5-11H,1-4H3,(H2,19,21). The molecule has 3 heteroatoms. The van der Waals surface area contributed by atoms with Crippen LogP contribution in [0.4, 0.5) is 0 Å². The largest absolute Gasteiger partial charge is 0.457 e. The quantitative estimate of drug-likeness (QED) is 0.833. The lowest BCUT2D eigenvalue weighted by Crippen LogP contribution is -2.11. The normalized spacial score (nSPS) is 11.2. The summed E-state index contributed by atoms with van der Waals surface area (Å²) in [5.74, 6) is 1.63. The van der Waals surface area contributed by atoms with E-state index in [4.69, 9.17) is 22.7 Å². The molecule has 0 aromatic heterocycles. The van der Waals surface area contributed by atoms with Crippen molar-refractivity contribution < 1.29 is 4.74 Å². The first-order chi connectivity index (χ1) is 9.77. The zero-order chi connectivity index (χ0) is 15.6. The molecule has 2 aromatic rings. The zero-order valence-corrected chi connectivity index (χ0v) is 13.8. The van der Waals surface area contributed by atoms with Gasteiger partial charge in [-0.1, -0.05) is 45.1 Å². The van der Waals surface area contributed by atoms with Gasteiger partial charge in [-0.25, -0.2) is 0 Å². The Labute approximate surface area is 131 Å². The van der Waals surface area contributed by atoms with Crippen LogP contribution < -0.4 is 10.5 Å². The molecule has 0 aliphatic rings. The topological polar surface area (TPSA) is 35.2 Å². The van der Waals surface area contributed by atoms with Crippen molar-refractivity contribution in [1.82, 2.24) is 0 Å². The van der Waals surface area contributed by atoms with Crippen molar-refractivity contribution >= 4 is 17.2 Å². The molecule has 0 fully saturated rings. The molecule has 0 aliphatic carbocycles. The second-order valence-electron chi connectivity index (χ2n) is 6.22. The van der Waals surface area contributed by atoms with Crippen molar-refractivity contribution in [2.75, 3.05) is 0 Å². The molecule has 0 aliphatic heterocycles. The number of aryl methyl sites for hydroxylation is 1. The fraction of sp³-hybridized carbons (Fsp3) is 0.278. The molecular weight excluding hydrogens is 278 g/mol. The Morgan fingerprint density at radius 2 is 1.71 bits per heavy atom. The third-order valence-corrected chi connectivity index (χ3v) is 3.62. The van der Waals surface area contributed by atoms with Gasteiger partial charge in [-0.2, -0.15) is 0 Å². The van der Waals surface area contributed by atoms with Crippen molar-refractivity contribution in [2.45, 2.75) is 33.1 Å². The fourth-order valence-electron chi connectivity index (χ4n) is 2.14. The fourth-order valence-corrected chi connectivity index (χ4v) is 2.37. The molecule has 0 bridgehead atoms. The molecule has 0 atom stereocenters. The first-order valence-electron chi connectivity index (χ1n) is 6.96. The number of hydrogen-bond acceptors (Lipinski definition) is 2. The predicted octanol–water partition coefficient (Wildman–Crippen LogP) is 4.72. The third-order valence-electron chi connectivity index (χ3n) is 3.40. The van der Waals surface area contributed by atoms with Gasteiger partial charge in [0.25, 0.3) is 0 Å². The molecule has 21 heavy (non-hydrogen) atoms. The number of benzene rings is 2. The summed E-state index contributed by atoms with van der Waals surface area (Å²) >= 11 is 5.02. The van der Waals surface area contributed by atoms with E-state index in [0.29, 0.717) is 4.99 Å². The Hall–Kier alpha value is -1.87. The van der Waals surface area contributed by atoms with E-state index in [2.05, 4.69) is 32.9 Å². The summed E-state index contributed by atoms with van der Waals surface area (Å²) in [5.41, 5.74) is 8.93. The van der Waals surface area contributed by atoms with Crippen molar-refractivity contribution in [3.05, 3.63) is 59.2 Å². The minimum absolute atomic E-state index is 0.102. The van der Waals surface area contributed by atoms with Gasteiger partial charge in [0, 0.05) is 5.56 Å². The maximum atomic E-state index is 5.95. The summed E-state index contributed by atoms with van der Waals surface area (Å²) < 4.78 is 5.95. The molecule has 2 nitrogen and oxygen atoms in total. The highest BCUT2D eigenvalue weighted by atomic mass is 32.1. The van der Waals surface area contributed by atoms with Crippen LogP contribution in [0.5, 0.6) is 11.5 Å². The number of hydrogen-bond donors (Lipinski definition) is 1. The summed E-state index contributed by atoms with van der Waals surface area (Å²) in [4.78, 5) is 0.411. The average Bonchev–Trinajstić information content (AvgIpc) is 2.37. The smallest absolute Gasteiger partial charge is 0.127 e. The van der Waals surface area contributed by atoms with Gasteiger partial charge in [0.15, 0.2) is 0 Å². The molecule has 0 saturated heterocycles. The van der Waals surface area contributed by atoms with Gasteiger partial charge in [0.05, 0.1) is 0 Å². The molecule has 0 amide bonds. The Morgan fingerprint density at radius 3 is 2.29 bits per heavy atom. The van der Waals surface area contributed by atoms with Crippen LogP contribution in [0.15, 0.2) is 42.5 Å². The summed E-state index contributed by atoms with van der Waals surface area (Å²) in [6.45, 7) is 8.54. The van der Waals surface area contributed by atoms with Gasteiger partial charge in [-0.15, -0.1) is 0 Å². The highest BCUT2D eigenvalue weighted by Gasteiger charge is 2.14. The molecule has 0 unspecified atom stereocenters. The Kier molecular flexibility index (Phi) is 4.33. The van der Waals surface area contributed by atoms with Crippen LogP contribution in [0.3, 0.4) is 0 Å². The number of rotatable bonds is 3. The zero-order valence-electron chi connectivity index (χ0n) is 12.9. The molecule has 2 N–H and O–H groups in total. The molecule has 0 heterocycles. The number of thiocarbonyl (C=S) groups is 1. The molecule has 0 radical (unpaired) electrons. The van der Waals surface area contributed by atoms with Crippen LogP contribution in [-0.2, 0) is 5.41 Å². The van der Waals surface area contributed by atoms with E-state index >= 15 is 0 Å². The average molecular weight is 299 g/mol. The van der Waals surface area contributed by atoms with Crippen molar-refractivity contribution in [2.24, 2.45) is 5.73 Å². The molecular formula is C18H21NOS. The van der Waals surface area contributed by atoms with Crippen molar-refractivity contribution in [3.63, 3.8) is 0 Å². The first kappa shape index (κ1) is 15.5. The van der Waals surface area contributed by atoms with Crippen LogP contribution in [-0.4, -0.2) is 4.99 Å². The van der Waals surface area contributed by atoms with Gasteiger partial charge in [0.1, 0.15) is 16.5 Å². The summed E-state index contributed by atoms with van der Waals surface area (Å²) in [6, 6.07) is 13.9. The van der Waals surface area contributed by atoms with Gasteiger partial charge in [-0.3, -0.25) is 0 Å². The number of nitrogens with two attached hydrogens (primary N) is 1. The van der Waals surface area contributed by atoms with Gasteiger partial charge in [0.2, 0.25) is 0 Å². The summed E-state index contributed by atoms with van der Waals surface area (Å²) in [7, 11) is 0. The number of ether oxygens (including phenoxy) is 1. The highest BCUT2D eigenvalue weighted by Crippen LogP contribution is 2.29. The van der Waals surface area contributed by atoms with E-state index < -0.39 is 0 Å². The SMILES string of the molecule is Cc1cc(Oc2cccc(C(C)(C)C)c2)ccc1C(N)=S. The molecule has 0 saturated carbocycles.